The maximum atomic E-state index is 13.6. The van der Waals surface area contributed by atoms with Crippen molar-refractivity contribution in [2.75, 3.05) is 6.61 Å². The van der Waals surface area contributed by atoms with Gasteiger partial charge in [-0.2, -0.15) is 0 Å². The summed E-state index contributed by atoms with van der Waals surface area (Å²) >= 11 is 0. The summed E-state index contributed by atoms with van der Waals surface area (Å²) in [7, 11) is 0. The van der Waals surface area contributed by atoms with E-state index in [1.54, 1.807) is 55.5 Å². The van der Waals surface area contributed by atoms with Crippen molar-refractivity contribution in [3.05, 3.63) is 93.7 Å². The van der Waals surface area contributed by atoms with E-state index in [1.807, 2.05) is 6.07 Å². The number of fused-ring (bicyclic) bond motifs is 4. The largest absolute Gasteiger partial charge is 0.463 e. The smallest absolute Gasteiger partial charge is 0.345 e. The van der Waals surface area contributed by atoms with Crippen LogP contribution in [0.5, 0.6) is 5.75 Å². The van der Waals surface area contributed by atoms with E-state index in [0.717, 1.165) is 0 Å². The van der Waals surface area contributed by atoms with E-state index >= 15 is 0 Å². The van der Waals surface area contributed by atoms with Gasteiger partial charge in [0.1, 0.15) is 16.6 Å². The van der Waals surface area contributed by atoms with E-state index in [4.69, 9.17) is 19.6 Å². The van der Waals surface area contributed by atoms with Crippen molar-refractivity contribution in [3.63, 3.8) is 0 Å². The standard InChI is InChI=1S/C24H18N2O6/c1-2-30-21(27)17-19(13-8-4-3-5-9-13)26-23(29)24(17)12-16(25)32-20-14-10-6-7-11-15(14)31-22(28)18(20)24/h3-12H,2,25H2,1H3,(H,26,29). The number of para-hydroxylation sites is 1. The van der Waals surface area contributed by atoms with Gasteiger partial charge in [-0.3, -0.25) is 4.79 Å². The summed E-state index contributed by atoms with van der Waals surface area (Å²) in [6.45, 7) is 1.73. The van der Waals surface area contributed by atoms with Crippen LogP contribution in [0.1, 0.15) is 18.1 Å². The fourth-order valence-corrected chi connectivity index (χ4v) is 4.25. The molecule has 3 N–H and O–H groups in total. The molecule has 0 saturated carbocycles. The molecule has 1 aromatic heterocycles. The Morgan fingerprint density at radius 1 is 1.09 bits per heavy atom. The first-order valence-corrected chi connectivity index (χ1v) is 9.98. The zero-order chi connectivity index (χ0) is 22.5. The van der Waals surface area contributed by atoms with Crippen molar-refractivity contribution in [2.45, 2.75) is 12.3 Å². The van der Waals surface area contributed by atoms with Crippen molar-refractivity contribution >= 4 is 28.5 Å². The Bertz CT molecular complexity index is 1400. The summed E-state index contributed by atoms with van der Waals surface area (Å²) < 4.78 is 16.5. The van der Waals surface area contributed by atoms with Gasteiger partial charge in [-0.1, -0.05) is 42.5 Å². The van der Waals surface area contributed by atoms with Crippen LogP contribution < -0.4 is 21.4 Å². The van der Waals surface area contributed by atoms with Gasteiger partial charge < -0.3 is 24.9 Å². The predicted molar refractivity (Wildman–Crippen MR) is 115 cm³/mol. The van der Waals surface area contributed by atoms with Crippen molar-refractivity contribution in [1.29, 1.82) is 0 Å². The molecule has 0 bridgehead atoms. The van der Waals surface area contributed by atoms with Gasteiger partial charge in [0.15, 0.2) is 11.6 Å². The molecule has 1 amide bonds. The average Bonchev–Trinajstić information content (AvgIpc) is 3.06. The van der Waals surface area contributed by atoms with E-state index in [2.05, 4.69) is 5.32 Å². The van der Waals surface area contributed by atoms with Crippen LogP contribution >= 0.6 is 0 Å². The lowest BCUT2D eigenvalue weighted by Crippen LogP contribution is -2.45. The normalized spacial score (nSPS) is 19.4. The minimum Gasteiger partial charge on any atom is -0.463 e. The van der Waals surface area contributed by atoms with Gasteiger partial charge in [0.05, 0.1) is 23.3 Å². The molecule has 0 aliphatic carbocycles. The molecule has 0 fully saturated rings. The number of nitrogens with one attached hydrogen (secondary N) is 1. The lowest BCUT2D eigenvalue weighted by molar-refractivity contribution is -0.140. The third-order valence-corrected chi connectivity index (χ3v) is 5.52. The van der Waals surface area contributed by atoms with Crippen molar-refractivity contribution in [3.8, 4) is 5.75 Å². The van der Waals surface area contributed by atoms with Crippen LogP contribution in [0.4, 0.5) is 0 Å². The molecule has 3 aromatic rings. The van der Waals surface area contributed by atoms with Crippen LogP contribution in [-0.4, -0.2) is 18.5 Å². The molecule has 2 aliphatic heterocycles. The molecule has 1 spiro atoms. The summed E-state index contributed by atoms with van der Waals surface area (Å²) in [5.74, 6) is -1.44. The van der Waals surface area contributed by atoms with Crippen LogP contribution in [0.2, 0.25) is 0 Å². The number of benzene rings is 2. The summed E-state index contributed by atoms with van der Waals surface area (Å²) in [5, 5.41) is 3.21. The number of hydrogen-bond donors (Lipinski definition) is 2. The van der Waals surface area contributed by atoms with Crippen LogP contribution in [0.15, 0.2) is 81.3 Å². The summed E-state index contributed by atoms with van der Waals surface area (Å²) in [5.41, 5.74) is 4.29. The highest BCUT2D eigenvalue weighted by molar-refractivity contribution is 6.18. The molecule has 5 rings (SSSR count). The predicted octanol–water partition coefficient (Wildman–Crippen LogP) is 2.33. The van der Waals surface area contributed by atoms with E-state index < -0.39 is 22.9 Å². The fourth-order valence-electron chi connectivity index (χ4n) is 4.25. The highest BCUT2D eigenvalue weighted by atomic mass is 16.5. The van der Waals surface area contributed by atoms with Crippen LogP contribution in [0, 0.1) is 0 Å². The third kappa shape index (κ3) is 2.66. The maximum Gasteiger partial charge on any atom is 0.345 e. The number of ether oxygens (including phenoxy) is 2. The number of carbonyl (C=O) groups excluding carboxylic acids is 2. The number of rotatable bonds is 3. The third-order valence-electron chi connectivity index (χ3n) is 5.52. The molecule has 1 unspecified atom stereocenters. The van der Waals surface area contributed by atoms with Gasteiger partial charge >= 0.3 is 11.6 Å². The summed E-state index contributed by atoms with van der Waals surface area (Å²) in [4.78, 5) is 40.0. The molecule has 32 heavy (non-hydrogen) atoms. The fraction of sp³-hybridized carbons (Fsp3) is 0.125. The zero-order valence-corrected chi connectivity index (χ0v) is 17.0. The first-order valence-electron chi connectivity index (χ1n) is 9.98. The highest BCUT2D eigenvalue weighted by Crippen LogP contribution is 2.49. The molecule has 160 valence electrons. The topological polar surface area (TPSA) is 121 Å². The first kappa shape index (κ1) is 19.6. The lowest BCUT2D eigenvalue weighted by Gasteiger charge is -2.30. The van der Waals surface area contributed by atoms with Crippen molar-refractivity contribution in [2.24, 2.45) is 5.73 Å². The maximum absolute atomic E-state index is 13.6. The quantitative estimate of drug-likeness (QED) is 0.483. The van der Waals surface area contributed by atoms with Gasteiger partial charge in [0.25, 0.3) is 0 Å². The van der Waals surface area contributed by atoms with Gasteiger partial charge in [-0.05, 0) is 24.6 Å². The minimum atomic E-state index is -1.88. The Balaban J connectivity index is 1.91. The van der Waals surface area contributed by atoms with Crippen LogP contribution in [0.3, 0.4) is 0 Å². The second kappa shape index (κ2) is 7.12. The molecule has 2 aliphatic rings. The van der Waals surface area contributed by atoms with Crippen molar-refractivity contribution in [1.82, 2.24) is 5.32 Å². The molecule has 8 heteroatoms. The SMILES string of the molecule is CCOC(=O)C1=C(c2ccccc2)NC(=O)C12C=C(N)Oc1c2c(=O)oc2ccccc12. The summed E-state index contributed by atoms with van der Waals surface area (Å²) in [6, 6.07) is 15.6. The second-order valence-electron chi connectivity index (χ2n) is 7.34. The number of esters is 1. The van der Waals surface area contributed by atoms with Gasteiger partial charge in [0.2, 0.25) is 5.91 Å². The van der Waals surface area contributed by atoms with E-state index in [0.29, 0.717) is 10.9 Å². The molecule has 1 atom stereocenters. The number of amides is 1. The molecular weight excluding hydrogens is 412 g/mol. The Morgan fingerprint density at radius 3 is 2.56 bits per heavy atom. The average molecular weight is 430 g/mol. The Hall–Kier alpha value is -4.33. The Kier molecular flexibility index (Phi) is 4.37. The molecule has 8 nitrogen and oxygen atoms in total. The number of nitrogens with two attached hydrogens (primary N) is 1. The zero-order valence-electron chi connectivity index (χ0n) is 17.0. The first-order chi connectivity index (χ1) is 15.5. The van der Waals surface area contributed by atoms with E-state index in [1.165, 1.54) is 6.08 Å². The molecular formula is C24H18N2O6. The molecule has 3 heterocycles. The monoisotopic (exact) mass is 430 g/mol. The Morgan fingerprint density at radius 2 is 1.81 bits per heavy atom. The molecule has 0 saturated heterocycles. The van der Waals surface area contributed by atoms with Crippen LogP contribution in [-0.2, 0) is 19.7 Å². The van der Waals surface area contributed by atoms with Gasteiger partial charge in [-0.25, -0.2) is 9.59 Å². The molecule has 0 radical (unpaired) electrons. The number of carbonyl (C=O) groups is 2. The summed E-state index contributed by atoms with van der Waals surface area (Å²) in [6.07, 6.45) is 1.26. The van der Waals surface area contributed by atoms with Gasteiger partial charge in [0, 0.05) is 6.08 Å². The molecule has 2 aromatic carbocycles. The highest BCUT2D eigenvalue weighted by Gasteiger charge is 2.58. The minimum absolute atomic E-state index is 0.0503. The number of hydrogen-bond acceptors (Lipinski definition) is 7. The van der Waals surface area contributed by atoms with Crippen molar-refractivity contribution < 1.29 is 23.5 Å². The Labute approximate surface area is 181 Å². The van der Waals surface area contributed by atoms with Gasteiger partial charge in [-0.15, -0.1) is 0 Å². The lowest BCUT2D eigenvalue weighted by atomic mass is 9.73. The van der Waals surface area contributed by atoms with E-state index in [9.17, 15) is 14.4 Å². The van der Waals surface area contributed by atoms with Crippen LogP contribution in [0.25, 0.3) is 16.7 Å². The second-order valence-corrected chi connectivity index (χ2v) is 7.34. The van der Waals surface area contributed by atoms with E-state index in [-0.39, 0.29) is 40.7 Å².